The molecule has 2 N–H and O–H groups in total. The van der Waals surface area contributed by atoms with Crippen LogP contribution in [0.3, 0.4) is 0 Å². The van der Waals surface area contributed by atoms with Gasteiger partial charge in [0.2, 0.25) is 5.95 Å². The molecule has 0 saturated carbocycles. The highest BCUT2D eigenvalue weighted by Gasteiger charge is 2.20. The molecule has 0 bridgehead atoms. The Balaban J connectivity index is 1.46. The zero-order valence-electron chi connectivity index (χ0n) is 17.1. The van der Waals surface area contributed by atoms with Gasteiger partial charge in [-0.25, -0.2) is 9.37 Å². The first-order valence-electron chi connectivity index (χ1n) is 9.98. The van der Waals surface area contributed by atoms with Gasteiger partial charge in [-0.1, -0.05) is 0 Å². The van der Waals surface area contributed by atoms with Gasteiger partial charge in [0, 0.05) is 30.4 Å². The summed E-state index contributed by atoms with van der Waals surface area (Å²) in [6.45, 7) is 3.07. The van der Waals surface area contributed by atoms with Crippen molar-refractivity contribution in [2.75, 3.05) is 37.1 Å². The molecule has 1 aromatic heterocycles. The van der Waals surface area contributed by atoms with Gasteiger partial charge < -0.3 is 29.6 Å². The normalized spacial score (nSPS) is 13.9. The minimum Gasteiger partial charge on any atom is -0.486 e. The molecule has 0 unspecified atom stereocenters. The Morgan fingerprint density at radius 1 is 0.812 bits per heavy atom. The van der Waals surface area contributed by atoms with E-state index in [0.717, 1.165) is 0 Å². The van der Waals surface area contributed by atoms with Crippen molar-refractivity contribution in [1.29, 1.82) is 0 Å². The number of carbonyl (C=O) groups is 1. The van der Waals surface area contributed by atoms with E-state index >= 15 is 0 Å². The summed E-state index contributed by atoms with van der Waals surface area (Å²) >= 11 is 0. The number of Topliss-reactive ketones (excluding diaryl/α,β-unsaturated/α-hetero) is 1. The fourth-order valence-electron chi connectivity index (χ4n) is 3.33. The van der Waals surface area contributed by atoms with Gasteiger partial charge >= 0.3 is 0 Å². The van der Waals surface area contributed by atoms with E-state index in [9.17, 15) is 9.18 Å². The molecule has 0 aliphatic carbocycles. The molecule has 0 amide bonds. The summed E-state index contributed by atoms with van der Waals surface area (Å²) in [6, 6.07) is 10.3. The van der Waals surface area contributed by atoms with E-state index in [1.165, 1.54) is 6.92 Å². The van der Waals surface area contributed by atoms with Crippen LogP contribution in [0, 0.1) is 5.82 Å². The number of nitrogens with one attached hydrogen (secondary N) is 2. The third-order valence-electron chi connectivity index (χ3n) is 4.79. The number of nitrogens with zero attached hydrogens (tertiary/aromatic N) is 2. The number of ether oxygens (including phenoxy) is 4. The predicted octanol–water partition coefficient (Wildman–Crippen LogP) is 3.85. The number of anilines is 4. The van der Waals surface area contributed by atoms with Crippen molar-refractivity contribution in [3.8, 4) is 23.0 Å². The predicted molar refractivity (Wildman–Crippen MR) is 113 cm³/mol. The number of rotatable bonds is 5. The van der Waals surface area contributed by atoms with E-state index in [2.05, 4.69) is 20.6 Å². The molecule has 0 spiro atoms. The van der Waals surface area contributed by atoms with E-state index in [-0.39, 0.29) is 17.5 Å². The summed E-state index contributed by atoms with van der Waals surface area (Å²) in [4.78, 5) is 20.3. The Morgan fingerprint density at radius 2 is 1.34 bits per heavy atom. The molecule has 3 aromatic rings. The molecule has 0 fully saturated rings. The van der Waals surface area contributed by atoms with Gasteiger partial charge in [-0.15, -0.1) is 0 Å². The van der Waals surface area contributed by atoms with Crippen LogP contribution in [0.25, 0.3) is 0 Å². The maximum absolute atomic E-state index is 15.0. The molecule has 0 atom stereocenters. The molecule has 2 aliphatic rings. The molecule has 2 aliphatic heterocycles. The van der Waals surface area contributed by atoms with Gasteiger partial charge in [-0.3, -0.25) is 4.79 Å². The molecule has 5 rings (SSSR count). The average Bonchev–Trinajstić information content (AvgIpc) is 2.80. The zero-order valence-corrected chi connectivity index (χ0v) is 17.1. The van der Waals surface area contributed by atoms with E-state index in [4.69, 9.17) is 18.9 Å². The van der Waals surface area contributed by atoms with Crippen LogP contribution in [-0.2, 0) is 0 Å². The minimum atomic E-state index is -0.847. The van der Waals surface area contributed by atoms with Crippen molar-refractivity contribution in [1.82, 2.24) is 9.97 Å². The van der Waals surface area contributed by atoms with Crippen LogP contribution in [0.15, 0.2) is 36.4 Å². The standard InChI is InChI=1S/C22H19FN4O5/c1-12(28)20-19(23)21(24-13-2-4-15-17(10-13)31-8-6-29-15)27-22(26-20)25-14-3-5-16-18(11-14)32-9-7-30-16/h2-5,10-11H,6-9H2,1H3,(H2,24,25,26,27). The number of halogens is 1. The van der Waals surface area contributed by atoms with Crippen LogP contribution < -0.4 is 29.6 Å². The van der Waals surface area contributed by atoms with Crippen LogP contribution in [0.2, 0.25) is 0 Å². The largest absolute Gasteiger partial charge is 0.486 e. The van der Waals surface area contributed by atoms with Crippen molar-refractivity contribution in [3.63, 3.8) is 0 Å². The van der Waals surface area contributed by atoms with Gasteiger partial charge in [0.25, 0.3) is 0 Å². The number of aromatic nitrogens is 2. The maximum atomic E-state index is 15.0. The number of benzene rings is 2. The molecular formula is C22H19FN4O5. The van der Waals surface area contributed by atoms with Crippen LogP contribution in [0.4, 0.5) is 27.5 Å². The molecule has 0 saturated heterocycles. The average molecular weight is 438 g/mol. The smallest absolute Gasteiger partial charge is 0.230 e. The van der Waals surface area contributed by atoms with Crippen molar-refractivity contribution >= 4 is 28.9 Å². The molecule has 9 nitrogen and oxygen atoms in total. The van der Waals surface area contributed by atoms with Gasteiger partial charge in [0.05, 0.1) is 0 Å². The van der Waals surface area contributed by atoms with Gasteiger partial charge in [0.1, 0.15) is 32.1 Å². The summed E-state index contributed by atoms with van der Waals surface area (Å²) < 4.78 is 37.1. The Labute approximate surface area is 182 Å². The number of ketones is 1. The monoisotopic (exact) mass is 438 g/mol. The summed E-state index contributed by atoms with van der Waals surface area (Å²) in [5.41, 5.74) is 0.785. The van der Waals surface area contributed by atoms with Gasteiger partial charge in [-0.2, -0.15) is 4.98 Å². The van der Waals surface area contributed by atoms with E-state index in [1.54, 1.807) is 36.4 Å². The number of hydrogen-bond donors (Lipinski definition) is 2. The van der Waals surface area contributed by atoms with Crippen LogP contribution >= 0.6 is 0 Å². The Bertz CT molecular complexity index is 1200. The second kappa shape index (κ2) is 8.22. The van der Waals surface area contributed by atoms with Crippen LogP contribution in [-0.4, -0.2) is 42.2 Å². The lowest BCUT2D eigenvalue weighted by molar-refractivity contribution is 0.100. The third-order valence-corrected chi connectivity index (χ3v) is 4.79. The lowest BCUT2D eigenvalue weighted by atomic mass is 10.2. The molecule has 2 aromatic carbocycles. The van der Waals surface area contributed by atoms with E-state index < -0.39 is 11.6 Å². The quantitative estimate of drug-likeness (QED) is 0.575. The van der Waals surface area contributed by atoms with Crippen LogP contribution in [0.5, 0.6) is 23.0 Å². The van der Waals surface area contributed by atoms with E-state index in [0.29, 0.717) is 60.8 Å². The number of hydrogen-bond acceptors (Lipinski definition) is 9. The van der Waals surface area contributed by atoms with Crippen LogP contribution in [0.1, 0.15) is 17.4 Å². The summed E-state index contributed by atoms with van der Waals surface area (Å²) in [6.07, 6.45) is 0. The summed E-state index contributed by atoms with van der Waals surface area (Å²) in [5, 5.41) is 5.89. The zero-order chi connectivity index (χ0) is 22.1. The first-order valence-corrected chi connectivity index (χ1v) is 9.98. The molecule has 3 heterocycles. The highest BCUT2D eigenvalue weighted by atomic mass is 19.1. The summed E-state index contributed by atoms with van der Waals surface area (Å²) in [7, 11) is 0. The number of carbonyl (C=O) groups excluding carboxylic acids is 1. The van der Waals surface area contributed by atoms with E-state index in [1.807, 2.05) is 0 Å². The minimum absolute atomic E-state index is 0.0494. The Kier molecular flexibility index (Phi) is 5.10. The lowest BCUT2D eigenvalue weighted by Gasteiger charge is -2.20. The Hall–Kier alpha value is -4.08. The number of fused-ring (bicyclic) bond motifs is 2. The first-order chi connectivity index (χ1) is 15.6. The van der Waals surface area contributed by atoms with Crippen molar-refractivity contribution in [2.24, 2.45) is 0 Å². The maximum Gasteiger partial charge on any atom is 0.230 e. The first kappa shape index (κ1) is 19.9. The molecule has 10 heteroatoms. The van der Waals surface area contributed by atoms with Crippen molar-refractivity contribution < 1.29 is 28.1 Å². The van der Waals surface area contributed by atoms with Gasteiger partial charge in [0.15, 0.2) is 40.4 Å². The fourth-order valence-corrected chi connectivity index (χ4v) is 3.33. The lowest BCUT2D eigenvalue weighted by Crippen LogP contribution is -2.15. The Morgan fingerprint density at radius 3 is 1.91 bits per heavy atom. The summed E-state index contributed by atoms with van der Waals surface area (Å²) in [5.74, 6) is 0.875. The second-order valence-electron chi connectivity index (χ2n) is 7.08. The molecule has 32 heavy (non-hydrogen) atoms. The molecule has 0 radical (unpaired) electrons. The van der Waals surface area contributed by atoms with Crippen molar-refractivity contribution in [2.45, 2.75) is 6.92 Å². The molecular weight excluding hydrogens is 419 g/mol. The van der Waals surface area contributed by atoms with Crippen molar-refractivity contribution in [3.05, 3.63) is 47.9 Å². The SMILES string of the molecule is CC(=O)c1nc(Nc2ccc3c(c2)OCCO3)nc(Nc2ccc3c(c2)OCCO3)c1F. The molecule has 164 valence electrons. The van der Waals surface area contributed by atoms with Gasteiger partial charge in [-0.05, 0) is 24.3 Å². The third kappa shape index (κ3) is 3.94. The topological polar surface area (TPSA) is 104 Å². The second-order valence-corrected chi connectivity index (χ2v) is 7.08. The fraction of sp³-hybridized carbons (Fsp3) is 0.227. The highest BCUT2D eigenvalue weighted by Crippen LogP contribution is 2.35. The highest BCUT2D eigenvalue weighted by molar-refractivity contribution is 5.93.